The summed E-state index contributed by atoms with van der Waals surface area (Å²) in [5.74, 6) is 0.598. The van der Waals surface area contributed by atoms with Crippen LogP contribution in [0.2, 0.25) is 5.02 Å². The summed E-state index contributed by atoms with van der Waals surface area (Å²) < 4.78 is 5.16. The van der Waals surface area contributed by atoms with Crippen LogP contribution >= 0.6 is 11.6 Å². The van der Waals surface area contributed by atoms with E-state index >= 15 is 0 Å². The van der Waals surface area contributed by atoms with Gasteiger partial charge in [0.15, 0.2) is 0 Å². The van der Waals surface area contributed by atoms with Crippen molar-refractivity contribution in [3.8, 4) is 0 Å². The summed E-state index contributed by atoms with van der Waals surface area (Å²) in [5.41, 5.74) is 1.33. The van der Waals surface area contributed by atoms with Gasteiger partial charge in [0.05, 0.1) is 0 Å². The van der Waals surface area contributed by atoms with Crippen LogP contribution in [0.5, 0.6) is 0 Å². The van der Waals surface area contributed by atoms with Gasteiger partial charge in [-0.15, -0.1) is 0 Å². The summed E-state index contributed by atoms with van der Waals surface area (Å²) in [6.07, 6.45) is 2.12. The predicted molar refractivity (Wildman–Crippen MR) is 78.3 cm³/mol. The molecule has 0 saturated carbocycles. The molecule has 1 rings (SSSR count). The lowest BCUT2D eigenvalue weighted by molar-refractivity contribution is 0.170. The van der Waals surface area contributed by atoms with Crippen LogP contribution in [-0.4, -0.2) is 26.3 Å². The van der Waals surface area contributed by atoms with Crippen molar-refractivity contribution in [3.05, 3.63) is 34.9 Å². The van der Waals surface area contributed by atoms with Crippen molar-refractivity contribution in [1.82, 2.24) is 5.32 Å². The largest absolute Gasteiger partial charge is 0.385 e. The van der Waals surface area contributed by atoms with Crippen LogP contribution in [0, 0.1) is 5.92 Å². The van der Waals surface area contributed by atoms with E-state index in [1.807, 2.05) is 12.1 Å². The van der Waals surface area contributed by atoms with Gasteiger partial charge < -0.3 is 10.1 Å². The summed E-state index contributed by atoms with van der Waals surface area (Å²) in [6, 6.07) is 8.62. The Kier molecular flexibility index (Phi) is 7.33. The van der Waals surface area contributed by atoms with Crippen LogP contribution < -0.4 is 5.32 Å². The van der Waals surface area contributed by atoms with E-state index < -0.39 is 0 Å². The Morgan fingerprint density at radius 3 is 2.50 bits per heavy atom. The van der Waals surface area contributed by atoms with Crippen LogP contribution in [0.3, 0.4) is 0 Å². The molecular formula is C15H24ClNO. The van der Waals surface area contributed by atoms with Gasteiger partial charge in [-0.3, -0.25) is 0 Å². The number of ether oxygens (including phenoxy) is 1. The van der Waals surface area contributed by atoms with E-state index in [2.05, 4.69) is 31.3 Å². The molecular weight excluding hydrogens is 246 g/mol. The fourth-order valence-electron chi connectivity index (χ4n) is 2.12. The highest BCUT2D eigenvalue weighted by Gasteiger charge is 2.16. The van der Waals surface area contributed by atoms with Crippen molar-refractivity contribution in [2.75, 3.05) is 20.3 Å². The van der Waals surface area contributed by atoms with Crippen molar-refractivity contribution in [2.45, 2.75) is 32.7 Å². The number of nitrogens with one attached hydrogen (secondary N) is 1. The van der Waals surface area contributed by atoms with Crippen LogP contribution in [0.15, 0.2) is 24.3 Å². The number of methoxy groups -OCH3 is 1. The number of halogens is 1. The lowest BCUT2D eigenvalue weighted by Gasteiger charge is -2.25. The van der Waals surface area contributed by atoms with Gasteiger partial charge in [0, 0.05) is 24.8 Å². The Bertz CT molecular complexity index is 326. The molecule has 0 aliphatic rings. The molecule has 0 aliphatic carbocycles. The Morgan fingerprint density at radius 2 is 1.94 bits per heavy atom. The Morgan fingerprint density at radius 1 is 1.28 bits per heavy atom. The smallest absolute Gasteiger partial charge is 0.0465 e. The highest BCUT2D eigenvalue weighted by atomic mass is 35.5. The highest BCUT2D eigenvalue weighted by molar-refractivity contribution is 6.30. The molecule has 0 amide bonds. The van der Waals surface area contributed by atoms with Crippen molar-refractivity contribution in [3.63, 3.8) is 0 Å². The molecule has 0 saturated heterocycles. The molecule has 0 aliphatic heterocycles. The molecule has 0 spiro atoms. The summed E-state index contributed by atoms with van der Waals surface area (Å²) in [6.45, 7) is 6.25. The second-order valence-corrected chi connectivity index (χ2v) is 5.19. The molecule has 0 radical (unpaired) electrons. The molecule has 1 N–H and O–H groups in total. The third kappa shape index (κ3) is 5.38. The highest BCUT2D eigenvalue weighted by Crippen LogP contribution is 2.16. The first-order valence-electron chi connectivity index (χ1n) is 6.64. The Hall–Kier alpha value is -0.570. The van der Waals surface area contributed by atoms with Gasteiger partial charge in [-0.1, -0.05) is 37.6 Å². The van der Waals surface area contributed by atoms with Crippen molar-refractivity contribution in [2.24, 2.45) is 5.92 Å². The van der Waals surface area contributed by atoms with Crippen molar-refractivity contribution < 1.29 is 4.74 Å². The van der Waals surface area contributed by atoms with Gasteiger partial charge in [-0.05, 0) is 43.0 Å². The minimum atomic E-state index is 0.492. The van der Waals surface area contributed by atoms with E-state index in [0.29, 0.717) is 12.0 Å². The molecule has 102 valence electrons. The maximum atomic E-state index is 5.91. The van der Waals surface area contributed by atoms with E-state index in [1.165, 1.54) is 5.56 Å². The van der Waals surface area contributed by atoms with Crippen LogP contribution in [0.4, 0.5) is 0 Å². The molecule has 2 atom stereocenters. The molecule has 1 aromatic rings. The zero-order chi connectivity index (χ0) is 13.4. The summed E-state index contributed by atoms with van der Waals surface area (Å²) in [7, 11) is 1.76. The lowest BCUT2D eigenvalue weighted by Crippen LogP contribution is -2.37. The van der Waals surface area contributed by atoms with Gasteiger partial charge in [0.2, 0.25) is 0 Å². The van der Waals surface area contributed by atoms with Crippen LogP contribution in [0.25, 0.3) is 0 Å². The SMILES string of the molecule is CCNC(Cc1ccc(Cl)cc1)C(C)CCOC. The fraction of sp³-hybridized carbons (Fsp3) is 0.600. The molecule has 0 aromatic heterocycles. The lowest BCUT2D eigenvalue weighted by atomic mass is 9.92. The number of benzene rings is 1. The third-order valence-electron chi connectivity index (χ3n) is 3.30. The number of hydrogen-bond donors (Lipinski definition) is 1. The van der Waals surface area contributed by atoms with E-state index in [1.54, 1.807) is 7.11 Å². The number of likely N-dealkylation sites (N-methyl/N-ethyl adjacent to an activating group) is 1. The second kappa shape index (κ2) is 8.52. The molecule has 0 fully saturated rings. The average molecular weight is 270 g/mol. The monoisotopic (exact) mass is 269 g/mol. The average Bonchev–Trinajstić information content (AvgIpc) is 2.38. The first-order chi connectivity index (χ1) is 8.67. The summed E-state index contributed by atoms with van der Waals surface area (Å²) >= 11 is 5.91. The van der Waals surface area contributed by atoms with Gasteiger partial charge >= 0.3 is 0 Å². The van der Waals surface area contributed by atoms with Crippen LogP contribution in [0.1, 0.15) is 25.8 Å². The van der Waals surface area contributed by atoms with Gasteiger partial charge in [0.25, 0.3) is 0 Å². The quantitative estimate of drug-likeness (QED) is 0.780. The zero-order valence-corrected chi connectivity index (χ0v) is 12.3. The topological polar surface area (TPSA) is 21.3 Å². The number of hydrogen-bond acceptors (Lipinski definition) is 2. The second-order valence-electron chi connectivity index (χ2n) is 4.75. The minimum Gasteiger partial charge on any atom is -0.385 e. The predicted octanol–water partition coefficient (Wildman–Crippen LogP) is 3.53. The van der Waals surface area contributed by atoms with Gasteiger partial charge in [-0.2, -0.15) is 0 Å². The first kappa shape index (κ1) is 15.5. The fourth-order valence-corrected chi connectivity index (χ4v) is 2.24. The van der Waals surface area contributed by atoms with Gasteiger partial charge in [-0.25, -0.2) is 0 Å². The molecule has 1 aromatic carbocycles. The van der Waals surface area contributed by atoms with Crippen molar-refractivity contribution in [1.29, 1.82) is 0 Å². The molecule has 18 heavy (non-hydrogen) atoms. The normalized spacial score (nSPS) is 14.4. The first-order valence-corrected chi connectivity index (χ1v) is 7.02. The Balaban J connectivity index is 2.58. The van der Waals surface area contributed by atoms with Crippen LogP contribution in [-0.2, 0) is 11.2 Å². The van der Waals surface area contributed by atoms with E-state index in [0.717, 1.165) is 31.0 Å². The molecule has 0 heterocycles. The van der Waals surface area contributed by atoms with E-state index in [9.17, 15) is 0 Å². The van der Waals surface area contributed by atoms with Crippen molar-refractivity contribution >= 4 is 11.6 Å². The zero-order valence-electron chi connectivity index (χ0n) is 11.6. The van der Waals surface area contributed by atoms with Gasteiger partial charge in [0.1, 0.15) is 0 Å². The minimum absolute atomic E-state index is 0.492. The Labute approximate surface area is 116 Å². The van der Waals surface area contributed by atoms with E-state index in [4.69, 9.17) is 16.3 Å². The molecule has 2 nitrogen and oxygen atoms in total. The maximum Gasteiger partial charge on any atom is 0.0465 e. The third-order valence-corrected chi connectivity index (χ3v) is 3.55. The number of rotatable bonds is 8. The maximum absolute atomic E-state index is 5.91. The standard InChI is InChI=1S/C15H24ClNO/c1-4-17-15(12(2)9-10-18-3)11-13-5-7-14(16)8-6-13/h5-8,12,15,17H,4,9-11H2,1-3H3. The molecule has 0 bridgehead atoms. The molecule has 2 unspecified atom stereocenters. The summed E-state index contributed by atoms with van der Waals surface area (Å²) in [5, 5.41) is 4.36. The molecule has 3 heteroatoms. The van der Waals surface area contributed by atoms with E-state index in [-0.39, 0.29) is 0 Å². The summed E-state index contributed by atoms with van der Waals surface area (Å²) in [4.78, 5) is 0.